The van der Waals surface area contributed by atoms with Gasteiger partial charge in [-0.2, -0.15) is 0 Å². The van der Waals surface area contributed by atoms with Crippen LogP contribution in [0.25, 0.3) is 0 Å². The van der Waals surface area contributed by atoms with Crippen LogP contribution in [-0.4, -0.2) is 18.8 Å². The maximum absolute atomic E-state index is 3.37. The number of fused-ring (bicyclic) bond motifs is 1. The quantitative estimate of drug-likeness (QED) is 0.604. The van der Waals surface area contributed by atoms with Gasteiger partial charge in [0.05, 0.1) is 0 Å². The second-order valence-electron chi connectivity index (χ2n) is 2.60. The van der Waals surface area contributed by atoms with E-state index >= 15 is 0 Å². The van der Waals surface area contributed by atoms with E-state index in [-0.39, 0.29) is 12.4 Å². The first-order valence-corrected chi connectivity index (χ1v) is 4.49. The zero-order valence-corrected chi connectivity index (χ0v) is 7.43. The molecular formula is C7H12ClNS. The summed E-state index contributed by atoms with van der Waals surface area (Å²) in [7, 11) is 0. The van der Waals surface area contributed by atoms with Gasteiger partial charge in [-0.3, -0.25) is 0 Å². The van der Waals surface area contributed by atoms with Gasteiger partial charge in [-0.25, -0.2) is 0 Å². The van der Waals surface area contributed by atoms with Crippen molar-refractivity contribution in [3.63, 3.8) is 0 Å². The molecule has 2 rings (SSSR count). The predicted octanol–water partition coefficient (Wildman–Crippen LogP) is 1.65. The molecule has 3 heteroatoms. The van der Waals surface area contributed by atoms with Gasteiger partial charge in [0.1, 0.15) is 0 Å². The molecule has 2 aliphatic rings. The van der Waals surface area contributed by atoms with Crippen molar-refractivity contribution in [1.82, 2.24) is 5.32 Å². The fourth-order valence-corrected chi connectivity index (χ4v) is 2.71. The molecule has 0 aromatic rings. The molecule has 0 aromatic carbocycles. The maximum atomic E-state index is 3.37. The van der Waals surface area contributed by atoms with Gasteiger partial charge < -0.3 is 5.32 Å². The van der Waals surface area contributed by atoms with Gasteiger partial charge in [0.15, 0.2) is 0 Å². The second-order valence-corrected chi connectivity index (χ2v) is 3.77. The normalized spacial score (nSPS) is 30.4. The Kier molecular flexibility index (Phi) is 3.08. The number of rotatable bonds is 0. The molecule has 0 bridgehead atoms. The Bertz CT molecular complexity index is 147. The lowest BCUT2D eigenvalue weighted by molar-refractivity contribution is 0.551. The summed E-state index contributed by atoms with van der Waals surface area (Å²) in [4.78, 5) is 1.65. The molecule has 0 radical (unpaired) electrons. The average Bonchev–Trinajstić information content (AvgIpc) is 2.33. The van der Waals surface area contributed by atoms with E-state index in [9.17, 15) is 0 Å². The van der Waals surface area contributed by atoms with Gasteiger partial charge in [-0.05, 0) is 17.1 Å². The minimum Gasteiger partial charge on any atom is -0.313 e. The highest BCUT2D eigenvalue weighted by atomic mass is 35.5. The molecule has 0 aromatic heterocycles. The summed E-state index contributed by atoms with van der Waals surface area (Å²) in [5, 5.41) is 3.37. The molecule has 1 unspecified atom stereocenters. The van der Waals surface area contributed by atoms with Crippen LogP contribution >= 0.6 is 24.2 Å². The third kappa shape index (κ3) is 1.49. The van der Waals surface area contributed by atoms with Crippen molar-refractivity contribution in [2.24, 2.45) is 5.92 Å². The van der Waals surface area contributed by atoms with E-state index in [1.165, 1.54) is 18.7 Å². The summed E-state index contributed by atoms with van der Waals surface area (Å²) in [5.74, 6) is 2.22. The standard InChI is InChI=1S/C7H11NS.ClH/c1-3-8-5-6-2-4-9-7(1)6;/h1,6,8H,2-5H2;1H. The highest BCUT2D eigenvalue weighted by Crippen LogP contribution is 2.36. The lowest BCUT2D eigenvalue weighted by Crippen LogP contribution is -2.26. The zero-order valence-electron chi connectivity index (χ0n) is 5.80. The van der Waals surface area contributed by atoms with E-state index in [0.717, 1.165) is 12.5 Å². The van der Waals surface area contributed by atoms with Crippen LogP contribution in [0.4, 0.5) is 0 Å². The van der Waals surface area contributed by atoms with Gasteiger partial charge >= 0.3 is 0 Å². The fourth-order valence-electron chi connectivity index (χ4n) is 1.44. The number of halogens is 1. The monoisotopic (exact) mass is 177 g/mol. The number of thioether (sulfide) groups is 1. The van der Waals surface area contributed by atoms with Crippen LogP contribution in [0.15, 0.2) is 11.0 Å². The highest BCUT2D eigenvalue weighted by molar-refractivity contribution is 8.03. The van der Waals surface area contributed by atoms with Crippen molar-refractivity contribution in [3.05, 3.63) is 11.0 Å². The molecule has 1 nitrogen and oxygen atoms in total. The number of hydrogen-bond acceptors (Lipinski definition) is 2. The van der Waals surface area contributed by atoms with Crippen molar-refractivity contribution in [1.29, 1.82) is 0 Å². The molecule has 1 atom stereocenters. The number of nitrogens with one attached hydrogen (secondary N) is 1. The minimum absolute atomic E-state index is 0. The van der Waals surface area contributed by atoms with Gasteiger partial charge in [-0.1, -0.05) is 6.08 Å². The van der Waals surface area contributed by atoms with Crippen LogP contribution in [0.1, 0.15) is 6.42 Å². The van der Waals surface area contributed by atoms with E-state index in [0.29, 0.717) is 0 Å². The van der Waals surface area contributed by atoms with Gasteiger partial charge in [0, 0.05) is 19.0 Å². The smallest absolute Gasteiger partial charge is 0.0146 e. The van der Waals surface area contributed by atoms with E-state index in [4.69, 9.17) is 0 Å². The Morgan fingerprint density at radius 1 is 1.60 bits per heavy atom. The van der Waals surface area contributed by atoms with Crippen molar-refractivity contribution >= 4 is 24.2 Å². The van der Waals surface area contributed by atoms with E-state index in [1.54, 1.807) is 4.91 Å². The largest absolute Gasteiger partial charge is 0.313 e. The van der Waals surface area contributed by atoms with Crippen molar-refractivity contribution < 1.29 is 0 Å². The molecule has 2 aliphatic heterocycles. The lowest BCUT2D eigenvalue weighted by Gasteiger charge is -2.16. The van der Waals surface area contributed by atoms with Crippen LogP contribution in [0.3, 0.4) is 0 Å². The topological polar surface area (TPSA) is 12.0 Å². The van der Waals surface area contributed by atoms with Gasteiger partial charge in [0.25, 0.3) is 0 Å². The SMILES string of the molecule is C1=C2SCCC2CNC1.Cl. The highest BCUT2D eigenvalue weighted by Gasteiger charge is 2.22. The van der Waals surface area contributed by atoms with Crippen molar-refractivity contribution in [3.8, 4) is 0 Å². The van der Waals surface area contributed by atoms with Crippen LogP contribution < -0.4 is 5.32 Å². The molecule has 10 heavy (non-hydrogen) atoms. The number of hydrogen-bond donors (Lipinski definition) is 1. The average molecular weight is 178 g/mol. The molecule has 1 fully saturated rings. The van der Waals surface area contributed by atoms with Crippen molar-refractivity contribution in [2.75, 3.05) is 18.8 Å². The Hall–Kier alpha value is 0.340. The first-order valence-electron chi connectivity index (χ1n) is 3.50. The molecule has 0 saturated carbocycles. The molecule has 0 spiro atoms. The molecule has 2 heterocycles. The Morgan fingerprint density at radius 2 is 2.50 bits per heavy atom. The fraction of sp³-hybridized carbons (Fsp3) is 0.714. The Morgan fingerprint density at radius 3 is 3.30 bits per heavy atom. The third-order valence-corrected chi connectivity index (χ3v) is 3.25. The molecule has 0 aliphatic carbocycles. The lowest BCUT2D eigenvalue weighted by atomic mass is 10.0. The minimum atomic E-state index is 0. The Balaban J connectivity index is 0.000000500. The second kappa shape index (κ2) is 3.65. The van der Waals surface area contributed by atoms with Gasteiger partial charge in [-0.15, -0.1) is 24.2 Å². The molecular weight excluding hydrogens is 166 g/mol. The van der Waals surface area contributed by atoms with Crippen LogP contribution in [0.2, 0.25) is 0 Å². The molecule has 58 valence electrons. The zero-order chi connectivity index (χ0) is 6.10. The molecule has 1 saturated heterocycles. The molecule has 1 N–H and O–H groups in total. The van der Waals surface area contributed by atoms with Crippen LogP contribution in [-0.2, 0) is 0 Å². The van der Waals surface area contributed by atoms with Crippen molar-refractivity contribution in [2.45, 2.75) is 6.42 Å². The summed E-state index contributed by atoms with van der Waals surface area (Å²) < 4.78 is 0. The van der Waals surface area contributed by atoms with Crippen LogP contribution in [0, 0.1) is 5.92 Å². The Labute approximate surface area is 72.1 Å². The molecule has 0 amide bonds. The predicted molar refractivity (Wildman–Crippen MR) is 48.8 cm³/mol. The van der Waals surface area contributed by atoms with E-state index in [2.05, 4.69) is 11.4 Å². The summed E-state index contributed by atoms with van der Waals surface area (Å²) in [6.45, 7) is 2.32. The summed E-state index contributed by atoms with van der Waals surface area (Å²) in [6.07, 6.45) is 3.73. The van der Waals surface area contributed by atoms with Gasteiger partial charge in [0.2, 0.25) is 0 Å². The summed E-state index contributed by atoms with van der Waals surface area (Å²) in [5.41, 5.74) is 0. The third-order valence-electron chi connectivity index (χ3n) is 1.98. The first-order chi connectivity index (χ1) is 4.47. The maximum Gasteiger partial charge on any atom is 0.0146 e. The first kappa shape index (κ1) is 8.44. The van der Waals surface area contributed by atoms with Crippen LogP contribution in [0.5, 0.6) is 0 Å². The summed E-state index contributed by atoms with van der Waals surface area (Å²) >= 11 is 2.05. The summed E-state index contributed by atoms with van der Waals surface area (Å²) in [6, 6.07) is 0. The van der Waals surface area contributed by atoms with E-state index < -0.39 is 0 Å². The van der Waals surface area contributed by atoms with E-state index in [1.807, 2.05) is 11.8 Å².